The molecule has 0 aromatic carbocycles. The summed E-state index contributed by atoms with van der Waals surface area (Å²) >= 11 is 5.36. The fourth-order valence-electron chi connectivity index (χ4n) is 1.91. The lowest BCUT2D eigenvalue weighted by Crippen LogP contribution is -2.53. The molecule has 5 nitrogen and oxygen atoms in total. The van der Waals surface area contributed by atoms with E-state index in [0.29, 0.717) is 6.61 Å². The Balaban J connectivity index is 2.25. The number of methoxy groups -OCH3 is 1. The summed E-state index contributed by atoms with van der Waals surface area (Å²) in [5, 5.41) is 12.9. The molecule has 0 amide bonds. The summed E-state index contributed by atoms with van der Waals surface area (Å²) in [5.41, 5.74) is 0. The lowest BCUT2D eigenvalue weighted by Gasteiger charge is -2.36. The van der Waals surface area contributed by atoms with Gasteiger partial charge in [0.2, 0.25) is 0 Å². The lowest BCUT2D eigenvalue weighted by molar-refractivity contribution is 0.144. The number of ether oxygens (including phenoxy) is 1. The molecule has 1 aliphatic heterocycles. The molecule has 0 aromatic rings. The zero-order chi connectivity index (χ0) is 12.7. The standard InChI is InChI=1S/C11H23N3O2S/c1-10(9-16-2)12-11(17)14-5-3-13(4-6-14)7-8-15/h10,15H,3-9H2,1-2H3,(H,12,17). The number of nitrogens with zero attached hydrogens (tertiary/aromatic N) is 2. The molecule has 2 N–H and O–H groups in total. The number of hydrogen-bond acceptors (Lipinski definition) is 4. The first-order valence-corrected chi connectivity index (χ1v) is 6.45. The molecule has 0 bridgehead atoms. The van der Waals surface area contributed by atoms with Crippen LogP contribution in [0.2, 0.25) is 0 Å². The SMILES string of the molecule is COCC(C)NC(=S)N1CCN(CCO)CC1. The van der Waals surface area contributed by atoms with Gasteiger partial charge < -0.3 is 20.1 Å². The number of hydrogen-bond donors (Lipinski definition) is 2. The first-order chi connectivity index (χ1) is 8.17. The summed E-state index contributed by atoms with van der Waals surface area (Å²) in [6, 6.07) is 0.239. The van der Waals surface area contributed by atoms with E-state index in [0.717, 1.165) is 37.8 Å². The number of β-amino-alcohol motifs (C(OH)–C–C–N with tert-alkyl or cyclic N) is 1. The molecule has 0 aliphatic carbocycles. The van der Waals surface area contributed by atoms with Crippen molar-refractivity contribution in [2.24, 2.45) is 0 Å². The van der Waals surface area contributed by atoms with E-state index in [1.54, 1.807) is 7.11 Å². The Morgan fingerprint density at radius 2 is 2.06 bits per heavy atom. The molecule has 1 heterocycles. The first-order valence-electron chi connectivity index (χ1n) is 6.05. The van der Waals surface area contributed by atoms with Gasteiger partial charge in [-0.05, 0) is 19.1 Å². The van der Waals surface area contributed by atoms with Crippen LogP contribution >= 0.6 is 12.2 Å². The fraction of sp³-hybridized carbons (Fsp3) is 0.909. The van der Waals surface area contributed by atoms with E-state index in [1.165, 1.54) is 0 Å². The monoisotopic (exact) mass is 261 g/mol. The Kier molecular flexibility index (Phi) is 6.72. The second-order valence-electron chi connectivity index (χ2n) is 4.36. The van der Waals surface area contributed by atoms with E-state index < -0.39 is 0 Å². The Morgan fingerprint density at radius 3 is 2.59 bits per heavy atom. The summed E-state index contributed by atoms with van der Waals surface area (Å²) in [5.74, 6) is 0. The average Bonchev–Trinajstić information content (AvgIpc) is 2.30. The molecule has 100 valence electrons. The molecular weight excluding hydrogens is 238 g/mol. The summed E-state index contributed by atoms with van der Waals surface area (Å²) in [4.78, 5) is 4.42. The topological polar surface area (TPSA) is 48.0 Å². The van der Waals surface area contributed by atoms with Gasteiger partial charge in [-0.15, -0.1) is 0 Å². The zero-order valence-electron chi connectivity index (χ0n) is 10.7. The van der Waals surface area contributed by atoms with Crippen LogP contribution in [-0.2, 0) is 4.74 Å². The third kappa shape index (κ3) is 5.16. The van der Waals surface area contributed by atoms with Crippen LogP contribution in [0.5, 0.6) is 0 Å². The van der Waals surface area contributed by atoms with E-state index in [-0.39, 0.29) is 12.6 Å². The van der Waals surface area contributed by atoms with Gasteiger partial charge in [-0.1, -0.05) is 0 Å². The summed E-state index contributed by atoms with van der Waals surface area (Å²) < 4.78 is 5.06. The van der Waals surface area contributed by atoms with Gasteiger partial charge in [-0.3, -0.25) is 4.90 Å². The van der Waals surface area contributed by atoms with E-state index in [4.69, 9.17) is 22.1 Å². The molecule has 0 spiro atoms. The van der Waals surface area contributed by atoms with Crippen molar-refractivity contribution in [3.05, 3.63) is 0 Å². The van der Waals surface area contributed by atoms with Gasteiger partial charge in [0.15, 0.2) is 5.11 Å². The Bertz CT molecular complexity index is 233. The number of thiocarbonyl (C=S) groups is 1. The second kappa shape index (κ2) is 7.81. The summed E-state index contributed by atoms with van der Waals surface area (Å²) in [6.07, 6.45) is 0. The molecule has 1 saturated heterocycles. The van der Waals surface area contributed by atoms with Crippen LogP contribution in [0.25, 0.3) is 0 Å². The molecular formula is C11H23N3O2S. The highest BCUT2D eigenvalue weighted by molar-refractivity contribution is 7.80. The number of aliphatic hydroxyl groups excluding tert-OH is 1. The first kappa shape index (κ1) is 14.6. The van der Waals surface area contributed by atoms with Crippen molar-refractivity contribution in [1.29, 1.82) is 0 Å². The van der Waals surface area contributed by atoms with Gasteiger partial charge in [0.05, 0.1) is 13.2 Å². The number of rotatable bonds is 5. The number of nitrogens with one attached hydrogen (secondary N) is 1. The maximum absolute atomic E-state index is 8.86. The van der Waals surface area contributed by atoms with Gasteiger partial charge >= 0.3 is 0 Å². The van der Waals surface area contributed by atoms with Crippen molar-refractivity contribution in [3.8, 4) is 0 Å². The molecule has 0 aromatic heterocycles. The van der Waals surface area contributed by atoms with Crippen LogP contribution in [0.3, 0.4) is 0 Å². The fourth-order valence-corrected chi connectivity index (χ4v) is 2.29. The lowest BCUT2D eigenvalue weighted by atomic mass is 10.3. The van der Waals surface area contributed by atoms with E-state index in [9.17, 15) is 0 Å². The molecule has 1 atom stereocenters. The second-order valence-corrected chi connectivity index (χ2v) is 4.74. The largest absolute Gasteiger partial charge is 0.395 e. The quantitative estimate of drug-likeness (QED) is 0.651. The van der Waals surface area contributed by atoms with Crippen LogP contribution in [0.1, 0.15) is 6.92 Å². The van der Waals surface area contributed by atoms with Gasteiger partial charge in [0.1, 0.15) is 0 Å². The van der Waals surface area contributed by atoms with E-state index >= 15 is 0 Å². The predicted molar refractivity (Wildman–Crippen MR) is 72.2 cm³/mol. The zero-order valence-corrected chi connectivity index (χ0v) is 11.5. The summed E-state index contributed by atoms with van der Waals surface area (Å²) in [7, 11) is 1.69. The van der Waals surface area contributed by atoms with Crippen LogP contribution < -0.4 is 5.32 Å². The molecule has 1 fully saturated rings. The maximum Gasteiger partial charge on any atom is 0.169 e. The van der Waals surface area contributed by atoms with Gasteiger partial charge in [0, 0.05) is 45.9 Å². The molecule has 1 rings (SSSR count). The van der Waals surface area contributed by atoms with Crippen LogP contribution in [0.4, 0.5) is 0 Å². The molecule has 0 saturated carbocycles. The third-order valence-electron chi connectivity index (χ3n) is 2.86. The minimum Gasteiger partial charge on any atom is -0.395 e. The van der Waals surface area contributed by atoms with E-state index in [1.807, 2.05) is 0 Å². The predicted octanol–water partition coefficient (Wildman–Crippen LogP) is -0.494. The Hall–Kier alpha value is -0.430. The van der Waals surface area contributed by atoms with Crippen LogP contribution in [0.15, 0.2) is 0 Å². The molecule has 1 aliphatic rings. The number of piperazine rings is 1. The maximum atomic E-state index is 8.86. The highest BCUT2D eigenvalue weighted by Crippen LogP contribution is 2.02. The van der Waals surface area contributed by atoms with Gasteiger partial charge in [-0.2, -0.15) is 0 Å². The van der Waals surface area contributed by atoms with Crippen molar-refractivity contribution in [2.45, 2.75) is 13.0 Å². The molecule has 0 radical (unpaired) electrons. The highest BCUT2D eigenvalue weighted by atomic mass is 32.1. The molecule has 1 unspecified atom stereocenters. The average molecular weight is 261 g/mol. The highest BCUT2D eigenvalue weighted by Gasteiger charge is 2.18. The van der Waals surface area contributed by atoms with Crippen molar-refractivity contribution in [2.75, 3.05) is 53.0 Å². The minimum absolute atomic E-state index is 0.230. The third-order valence-corrected chi connectivity index (χ3v) is 3.24. The molecule has 17 heavy (non-hydrogen) atoms. The molecule has 6 heteroatoms. The van der Waals surface area contributed by atoms with Gasteiger partial charge in [-0.25, -0.2) is 0 Å². The van der Waals surface area contributed by atoms with Crippen molar-refractivity contribution < 1.29 is 9.84 Å². The summed E-state index contributed by atoms with van der Waals surface area (Å²) in [6.45, 7) is 7.46. The van der Waals surface area contributed by atoms with E-state index in [2.05, 4.69) is 22.0 Å². The Morgan fingerprint density at radius 1 is 1.41 bits per heavy atom. The van der Waals surface area contributed by atoms with Gasteiger partial charge in [0.25, 0.3) is 0 Å². The van der Waals surface area contributed by atoms with Crippen molar-refractivity contribution in [1.82, 2.24) is 15.1 Å². The normalized spacial score (nSPS) is 19.1. The van der Waals surface area contributed by atoms with Crippen molar-refractivity contribution >= 4 is 17.3 Å². The minimum atomic E-state index is 0.230. The van der Waals surface area contributed by atoms with Crippen LogP contribution in [0, 0.1) is 0 Å². The van der Waals surface area contributed by atoms with Crippen LogP contribution in [-0.4, -0.2) is 79.1 Å². The Labute approximate surface area is 109 Å². The number of aliphatic hydroxyl groups is 1. The van der Waals surface area contributed by atoms with Crippen molar-refractivity contribution in [3.63, 3.8) is 0 Å². The smallest absolute Gasteiger partial charge is 0.169 e.